The number of fused-ring (bicyclic) bond motifs is 1. The van der Waals surface area contributed by atoms with Crippen LogP contribution in [-0.4, -0.2) is 16.3 Å². The molecule has 26 heavy (non-hydrogen) atoms. The number of nitriles is 1. The van der Waals surface area contributed by atoms with Crippen molar-refractivity contribution in [1.29, 1.82) is 5.26 Å². The Kier molecular flexibility index (Phi) is 3.86. The Morgan fingerprint density at radius 1 is 1.19 bits per heavy atom. The van der Waals surface area contributed by atoms with Crippen LogP contribution in [0.25, 0.3) is 5.69 Å². The van der Waals surface area contributed by atoms with E-state index >= 15 is 0 Å². The lowest BCUT2D eigenvalue weighted by Gasteiger charge is -2.23. The van der Waals surface area contributed by atoms with Crippen molar-refractivity contribution in [3.05, 3.63) is 52.3 Å². The summed E-state index contributed by atoms with van der Waals surface area (Å²) >= 11 is 0. The quantitative estimate of drug-likeness (QED) is 0.692. The number of aromatic nitrogens is 1. The highest BCUT2D eigenvalue weighted by molar-refractivity contribution is 6.05. The van der Waals surface area contributed by atoms with Gasteiger partial charge in [0.05, 0.1) is 16.7 Å². The van der Waals surface area contributed by atoms with E-state index in [1.54, 1.807) is 0 Å². The molecule has 1 aromatic carbocycles. The molecule has 0 N–H and O–H groups in total. The Hall–Kier alpha value is -2.83. The van der Waals surface area contributed by atoms with Crippen molar-refractivity contribution in [2.75, 3.05) is 0 Å². The van der Waals surface area contributed by atoms with Crippen molar-refractivity contribution in [3.63, 3.8) is 0 Å². The van der Waals surface area contributed by atoms with Crippen LogP contribution in [0.5, 0.6) is 0 Å². The second-order valence-electron chi connectivity index (χ2n) is 5.67. The Labute approximate surface area is 141 Å². The van der Waals surface area contributed by atoms with Crippen LogP contribution >= 0.6 is 0 Å². The number of benzene rings is 1. The fourth-order valence-corrected chi connectivity index (χ4v) is 2.86. The predicted molar refractivity (Wildman–Crippen MR) is 73.0 cm³/mol. The van der Waals surface area contributed by atoms with Crippen molar-refractivity contribution in [1.82, 2.24) is 4.57 Å². The molecule has 2 aromatic rings. The zero-order chi connectivity index (χ0) is 19.4. The van der Waals surface area contributed by atoms with Crippen LogP contribution in [0.1, 0.15) is 33.6 Å². The molecule has 1 heterocycles. The standard InChI is InChI=1S/C16H7F7N2O/c17-10-4-8(3-7(5-24)13(10)18)25-6-9(16(21,22)23)12-11(25)1-2-15(19,20)14(12)26/h3-4,6H,1-2H2. The molecular weight excluding hydrogens is 369 g/mol. The molecule has 0 amide bonds. The number of carbonyl (C=O) groups excluding carboxylic acids is 1. The van der Waals surface area contributed by atoms with Gasteiger partial charge in [0.1, 0.15) is 6.07 Å². The molecule has 1 aromatic heterocycles. The van der Waals surface area contributed by atoms with Gasteiger partial charge in [-0.1, -0.05) is 0 Å². The highest BCUT2D eigenvalue weighted by Crippen LogP contribution is 2.42. The highest BCUT2D eigenvalue weighted by Gasteiger charge is 2.50. The van der Waals surface area contributed by atoms with E-state index in [-0.39, 0.29) is 5.69 Å². The summed E-state index contributed by atoms with van der Waals surface area (Å²) in [6.07, 6.45) is -6.35. The molecule has 136 valence electrons. The molecule has 0 unspecified atom stereocenters. The first kappa shape index (κ1) is 18.0. The molecule has 0 aliphatic heterocycles. The lowest BCUT2D eigenvalue weighted by molar-refractivity contribution is -0.138. The molecule has 3 rings (SSSR count). The lowest BCUT2D eigenvalue weighted by Crippen LogP contribution is -2.35. The second kappa shape index (κ2) is 5.59. The van der Waals surface area contributed by atoms with Gasteiger partial charge in [-0.15, -0.1) is 0 Å². The van der Waals surface area contributed by atoms with E-state index in [0.29, 0.717) is 16.8 Å². The molecule has 0 atom stereocenters. The third-order valence-corrected chi connectivity index (χ3v) is 4.06. The van der Waals surface area contributed by atoms with Crippen molar-refractivity contribution in [3.8, 4) is 11.8 Å². The SMILES string of the molecule is N#Cc1cc(-n2cc(C(F)(F)F)c3c2CCC(F)(F)C3=O)cc(F)c1F. The molecule has 0 bridgehead atoms. The third-order valence-electron chi connectivity index (χ3n) is 4.06. The molecule has 1 aliphatic carbocycles. The number of ketones is 1. The molecular formula is C16H7F7N2O. The number of hydrogen-bond donors (Lipinski definition) is 0. The monoisotopic (exact) mass is 376 g/mol. The van der Waals surface area contributed by atoms with Gasteiger partial charge in [0, 0.05) is 30.1 Å². The Morgan fingerprint density at radius 2 is 1.85 bits per heavy atom. The average molecular weight is 376 g/mol. The second-order valence-corrected chi connectivity index (χ2v) is 5.67. The van der Waals surface area contributed by atoms with Gasteiger partial charge in [0.25, 0.3) is 0 Å². The summed E-state index contributed by atoms with van der Waals surface area (Å²) in [5.74, 6) is -8.92. The minimum atomic E-state index is -5.12. The number of hydrogen-bond acceptors (Lipinski definition) is 2. The van der Waals surface area contributed by atoms with Gasteiger partial charge < -0.3 is 4.57 Å². The van der Waals surface area contributed by atoms with E-state index in [9.17, 15) is 35.5 Å². The smallest absolute Gasteiger partial charge is 0.319 e. The number of halogens is 7. The van der Waals surface area contributed by atoms with Gasteiger partial charge in [-0.2, -0.15) is 27.2 Å². The number of Topliss-reactive ketones (excluding diaryl/α,β-unsaturated/α-hetero) is 1. The van der Waals surface area contributed by atoms with E-state index in [0.717, 1.165) is 6.07 Å². The predicted octanol–water partition coefficient (Wildman–Crippen LogP) is 4.41. The lowest BCUT2D eigenvalue weighted by atomic mass is 9.90. The van der Waals surface area contributed by atoms with Gasteiger partial charge in [-0.3, -0.25) is 4.79 Å². The highest BCUT2D eigenvalue weighted by atomic mass is 19.4. The fraction of sp³-hybridized carbons (Fsp3) is 0.250. The molecule has 0 spiro atoms. The van der Waals surface area contributed by atoms with Gasteiger partial charge >= 0.3 is 12.1 Å². The summed E-state index contributed by atoms with van der Waals surface area (Å²) in [6, 6.07) is 2.64. The Bertz CT molecular complexity index is 966. The molecule has 3 nitrogen and oxygen atoms in total. The molecule has 0 radical (unpaired) electrons. The summed E-state index contributed by atoms with van der Waals surface area (Å²) in [6.45, 7) is 0. The molecule has 10 heteroatoms. The summed E-state index contributed by atoms with van der Waals surface area (Å²) < 4.78 is 94.7. The maximum atomic E-state index is 13.6. The van der Waals surface area contributed by atoms with Crippen LogP contribution in [0.2, 0.25) is 0 Å². The summed E-state index contributed by atoms with van der Waals surface area (Å²) in [5, 5.41) is 8.80. The maximum Gasteiger partial charge on any atom is 0.418 e. The minimum absolute atomic E-state index is 0.373. The first-order valence-corrected chi connectivity index (χ1v) is 7.11. The number of nitrogens with zero attached hydrogens (tertiary/aromatic N) is 2. The summed E-state index contributed by atoms with van der Waals surface area (Å²) in [7, 11) is 0. The van der Waals surface area contributed by atoms with Crippen LogP contribution in [0.4, 0.5) is 30.7 Å². The zero-order valence-electron chi connectivity index (χ0n) is 12.6. The maximum absolute atomic E-state index is 13.6. The summed E-state index contributed by atoms with van der Waals surface area (Å²) in [4.78, 5) is 11.8. The number of rotatable bonds is 1. The van der Waals surface area contributed by atoms with Crippen LogP contribution in [0.3, 0.4) is 0 Å². The van der Waals surface area contributed by atoms with Crippen molar-refractivity contribution in [2.24, 2.45) is 0 Å². The van der Waals surface area contributed by atoms with E-state index in [4.69, 9.17) is 5.26 Å². The van der Waals surface area contributed by atoms with Crippen LogP contribution in [0, 0.1) is 23.0 Å². The summed E-state index contributed by atoms with van der Waals surface area (Å²) in [5.41, 5.74) is -4.35. The van der Waals surface area contributed by atoms with E-state index in [2.05, 4.69) is 0 Å². The first-order valence-electron chi connectivity index (χ1n) is 7.11. The fourth-order valence-electron chi connectivity index (χ4n) is 2.86. The minimum Gasteiger partial charge on any atom is -0.319 e. The van der Waals surface area contributed by atoms with Gasteiger partial charge in [0.2, 0.25) is 5.78 Å². The van der Waals surface area contributed by atoms with Crippen LogP contribution in [0.15, 0.2) is 18.3 Å². The molecule has 0 saturated carbocycles. The van der Waals surface area contributed by atoms with Crippen LogP contribution < -0.4 is 0 Å². The van der Waals surface area contributed by atoms with Crippen LogP contribution in [-0.2, 0) is 12.6 Å². The van der Waals surface area contributed by atoms with Gasteiger partial charge in [-0.05, 0) is 12.5 Å². The number of carbonyl (C=O) groups is 1. The molecule has 1 aliphatic rings. The first-order chi connectivity index (χ1) is 12.0. The zero-order valence-corrected chi connectivity index (χ0v) is 12.6. The third kappa shape index (κ3) is 2.64. The molecule has 0 saturated heterocycles. The molecule has 0 fully saturated rings. The largest absolute Gasteiger partial charge is 0.418 e. The van der Waals surface area contributed by atoms with Gasteiger partial charge in [0.15, 0.2) is 11.6 Å². The average Bonchev–Trinajstić information content (AvgIpc) is 2.94. The Balaban J connectivity index is 2.31. The van der Waals surface area contributed by atoms with E-state index in [1.807, 2.05) is 0 Å². The van der Waals surface area contributed by atoms with E-state index in [1.165, 1.54) is 6.07 Å². The number of alkyl halides is 5. The van der Waals surface area contributed by atoms with Crippen molar-refractivity contribution in [2.45, 2.75) is 24.9 Å². The Morgan fingerprint density at radius 3 is 2.42 bits per heavy atom. The van der Waals surface area contributed by atoms with Crippen molar-refractivity contribution < 1.29 is 35.5 Å². The van der Waals surface area contributed by atoms with E-state index < -0.39 is 64.7 Å². The van der Waals surface area contributed by atoms with Gasteiger partial charge in [-0.25, -0.2) is 8.78 Å². The van der Waals surface area contributed by atoms with Crippen molar-refractivity contribution >= 4 is 5.78 Å². The normalized spacial score (nSPS) is 16.3. The topological polar surface area (TPSA) is 45.8 Å².